The Balaban J connectivity index is 1.97. The molecule has 1 aromatic heterocycles. The summed E-state index contributed by atoms with van der Waals surface area (Å²) in [5.41, 5.74) is 1.30. The highest BCUT2D eigenvalue weighted by Gasteiger charge is 2.11. The molecule has 0 bridgehead atoms. The van der Waals surface area contributed by atoms with Gasteiger partial charge in [-0.1, -0.05) is 42.1 Å². The number of hydrogen-bond acceptors (Lipinski definition) is 4. The van der Waals surface area contributed by atoms with Crippen LogP contribution in [-0.2, 0) is 11.3 Å². The van der Waals surface area contributed by atoms with Gasteiger partial charge in [-0.15, -0.1) is 10.2 Å². The van der Waals surface area contributed by atoms with Gasteiger partial charge in [-0.3, -0.25) is 0 Å². The van der Waals surface area contributed by atoms with Gasteiger partial charge in [0.25, 0.3) is 0 Å². The van der Waals surface area contributed by atoms with E-state index in [1.54, 1.807) is 25.2 Å². The summed E-state index contributed by atoms with van der Waals surface area (Å²) in [6.45, 7) is 3.84. The SMILES string of the molecule is COCCCn1cnnc1SC(C)c1ccccc1. The maximum atomic E-state index is 5.07. The van der Waals surface area contributed by atoms with Crippen LogP contribution in [0.1, 0.15) is 24.2 Å². The highest BCUT2D eigenvalue weighted by molar-refractivity contribution is 7.99. The normalized spacial score (nSPS) is 12.5. The molecule has 0 N–H and O–H groups in total. The molecule has 0 aliphatic carbocycles. The molecular weight excluding hydrogens is 258 g/mol. The molecule has 0 radical (unpaired) electrons. The van der Waals surface area contributed by atoms with E-state index in [1.807, 2.05) is 6.07 Å². The third-order valence-corrected chi connectivity index (χ3v) is 4.03. The summed E-state index contributed by atoms with van der Waals surface area (Å²) in [4.78, 5) is 0. The van der Waals surface area contributed by atoms with E-state index >= 15 is 0 Å². The largest absolute Gasteiger partial charge is 0.385 e. The minimum atomic E-state index is 0.367. The Morgan fingerprint density at radius 2 is 2.11 bits per heavy atom. The molecule has 0 amide bonds. The summed E-state index contributed by atoms with van der Waals surface area (Å²) >= 11 is 1.74. The molecule has 1 heterocycles. The molecule has 0 aliphatic rings. The zero-order chi connectivity index (χ0) is 13.5. The van der Waals surface area contributed by atoms with E-state index in [4.69, 9.17) is 4.74 Å². The van der Waals surface area contributed by atoms with Gasteiger partial charge in [0.2, 0.25) is 0 Å². The summed E-state index contributed by atoms with van der Waals surface area (Å²) in [5, 5.41) is 9.53. The summed E-state index contributed by atoms with van der Waals surface area (Å²) in [7, 11) is 1.72. The number of methoxy groups -OCH3 is 1. The molecule has 0 saturated heterocycles. The van der Waals surface area contributed by atoms with Crippen molar-refractivity contribution in [2.45, 2.75) is 30.3 Å². The lowest BCUT2D eigenvalue weighted by molar-refractivity contribution is 0.189. The van der Waals surface area contributed by atoms with Crippen LogP contribution in [0.2, 0.25) is 0 Å². The Morgan fingerprint density at radius 3 is 2.84 bits per heavy atom. The van der Waals surface area contributed by atoms with Crippen molar-refractivity contribution >= 4 is 11.8 Å². The zero-order valence-electron chi connectivity index (χ0n) is 11.3. The van der Waals surface area contributed by atoms with E-state index in [0.717, 1.165) is 24.7 Å². The standard InChI is InChI=1S/C14H19N3OS/c1-12(13-7-4-3-5-8-13)19-14-16-15-11-17(14)9-6-10-18-2/h3-5,7-8,11-12H,6,9-10H2,1-2H3. The molecule has 4 nitrogen and oxygen atoms in total. The molecule has 2 aromatic rings. The number of benzene rings is 1. The van der Waals surface area contributed by atoms with Crippen LogP contribution in [0, 0.1) is 0 Å². The van der Waals surface area contributed by atoms with Gasteiger partial charge in [-0.05, 0) is 18.9 Å². The lowest BCUT2D eigenvalue weighted by atomic mass is 10.2. The third kappa shape index (κ3) is 4.08. The van der Waals surface area contributed by atoms with Crippen LogP contribution in [0.5, 0.6) is 0 Å². The maximum absolute atomic E-state index is 5.07. The maximum Gasteiger partial charge on any atom is 0.191 e. The van der Waals surface area contributed by atoms with Crippen LogP contribution >= 0.6 is 11.8 Å². The van der Waals surface area contributed by atoms with Crippen molar-refractivity contribution in [3.63, 3.8) is 0 Å². The number of hydrogen-bond donors (Lipinski definition) is 0. The lowest BCUT2D eigenvalue weighted by Gasteiger charge is -2.11. The van der Waals surface area contributed by atoms with Crippen molar-refractivity contribution < 1.29 is 4.74 Å². The lowest BCUT2D eigenvalue weighted by Crippen LogP contribution is -2.02. The Labute approximate surface area is 118 Å². The molecule has 1 aromatic carbocycles. The van der Waals surface area contributed by atoms with Crippen molar-refractivity contribution in [1.29, 1.82) is 0 Å². The first kappa shape index (κ1) is 14.1. The fourth-order valence-corrected chi connectivity index (χ4v) is 2.80. The van der Waals surface area contributed by atoms with Crippen molar-refractivity contribution in [3.8, 4) is 0 Å². The second kappa shape index (κ2) is 7.31. The van der Waals surface area contributed by atoms with Gasteiger partial charge >= 0.3 is 0 Å². The van der Waals surface area contributed by atoms with Crippen molar-refractivity contribution in [2.75, 3.05) is 13.7 Å². The average Bonchev–Trinajstić information content (AvgIpc) is 2.87. The molecule has 5 heteroatoms. The predicted octanol–water partition coefficient (Wildman–Crippen LogP) is 3.17. The number of aryl methyl sites for hydroxylation is 1. The van der Waals surface area contributed by atoms with Crippen LogP contribution < -0.4 is 0 Å². The van der Waals surface area contributed by atoms with Crippen molar-refractivity contribution in [1.82, 2.24) is 14.8 Å². The van der Waals surface area contributed by atoms with Gasteiger partial charge in [0, 0.05) is 25.5 Å². The summed E-state index contributed by atoms with van der Waals surface area (Å²) in [6, 6.07) is 10.5. The first-order valence-electron chi connectivity index (χ1n) is 6.39. The highest BCUT2D eigenvalue weighted by atomic mass is 32.2. The second-order valence-corrected chi connectivity index (χ2v) is 5.63. The van der Waals surface area contributed by atoms with Gasteiger partial charge in [-0.2, -0.15) is 0 Å². The fourth-order valence-electron chi connectivity index (χ4n) is 1.82. The van der Waals surface area contributed by atoms with Crippen LogP contribution in [-0.4, -0.2) is 28.5 Å². The minimum absolute atomic E-state index is 0.367. The molecule has 1 unspecified atom stereocenters. The number of rotatable bonds is 7. The monoisotopic (exact) mass is 277 g/mol. The molecule has 0 saturated carbocycles. The second-order valence-electron chi connectivity index (χ2n) is 4.32. The number of thioether (sulfide) groups is 1. The fraction of sp³-hybridized carbons (Fsp3) is 0.429. The van der Waals surface area contributed by atoms with E-state index in [2.05, 4.69) is 46.0 Å². The highest BCUT2D eigenvalue weighted by Crippen LogP contribution is 2.33. The van der Waals surface area contributed by atoms with Crippen LogP contribution in [0.4, 0.5) is 0 Å². The summed E-state index contributed by atoms with van der Waals surface area (Å²) in [5.74, 6) is 0. The molecular formula is C14H19N3OS. The first-order valence-corrected chi connectivity index (χ1v) is 7.27. The molecule has 0 spiro atoms. The van der Waals surface area contributed by atoms with Crippen LogP contribution in [0.25, 0.3) is 0 Å². The van der Waals surface area contributed by atoms with E-state index in [-0.39, 0.29) is 0 Å². The average molecular weight is 277 g/mol. The summed E-state index contributed by atoms with van der Waals surface area (Å²) in [6.07, 6.45) is 2.76. The zero-order valence-corrected chi connectivity index (χ0v) is 12.1. The Kier molecular flexibility index (Phi) is 5.42. The molecule has 1 atom stereocenters. The van der Waals surface area contributed by atoms with E-state index in [9.17, 15) is 0 Å². The summed E-state index contributed by atoms with van der Waals surface area (Å²) < 4.78 is 7.16. The molecule has 102 valence electrons. The van der Waals surface area contributed by atoms with Crippen LogP contribution in [0.3, 0.4) is 0 Å². The van der Waals surface area contributed by atoms with E-state index in [0.29, 0.717) is 5.25 Å². The molecule has 2 rings (SSSR count). The van der Waals surface area contributed by atoms with E-state index < -0.39 is 0 Å². The molecule has 19 heavy (non-hydrogen) atoms. The Morgan fingerprint density at radius 1 is 1.32 bits per heavy atom. The Bertz CT molecular complexity index is 486. The minimum Gasteiger partial charge on any atom is -0.385 e. The van der Waals surface area contributed by atoms with Gasteiger partial charge in [0.1, 0.15) is 6.33 Å². The van der Waals surface area contributed by atoms with Gasteiger partial charge in [-0.25, -0.2) is 0 Å². The Hall–Kier alpha value is -1.33. The smallest absolute Gasteiger partial charge is 0.191 e. The van der Waals surface area contributed by atoms with E-state index in [1.165, 1.54) is 5.56 Å². The predicted molar refractivity (Wildman–Crippen MR) is 77.2 cm³/mol. The van der Waals surface area contributed by atoms with Gasteiger partial charge in [0.15, 0.2) is 5.16 Å². The van der Waals surface area contributed by atoms with Crippen LogP contribution in [0.15, 0.2) is 41.8 Å². The topological polar surface area (TPSA) is 39.9 Å². The van der Waals surface area contributed by atoms with Crippen molar-refractivity contribution in [2.24, 2.45) is 0 Å². The molecule has 0 aliphatic heterocycles. The first-order chi connectivity index (χ1) is 9.31. The number of nitrogens with zero attached hydrogens (tertiary/aromatic N) is 3. The third-order valence-electron chi connectivity index (χ3n) is 2.88. The van der Waals surface area contributed by atoms with Gasteiger partial charge < -0.3 is 9.30 Å². The molecule has 0 fully saturated rings. The number of ether oxygens (including phenoxy) is 1. The quantitative estimate of drug-likeness (QED) is 0.575. The van der Waals surface area contributed by atoms with Gasteiger partial charge in [0.05, 0.1) is 0 Å². The number of aromatic nitrogens is 3. The van der Waals surface area contributed by atoms with Crippen molar-refractivity contribution in [3.05, 3.63) is 42.2 Å².